The molecule has 2 aliphatic rings. The van der Waals surface area contributed by atoms with Gasteiger partial charge in [0.1, 0.15) is 11.4 Å². The highest BCUT2D eigenvalue weighted by molar-refractivity contribution is 5.96. The molecule has 0 amide bonds. The maximum atomic E-state index is 13.2. The van der Waals surface area contributed by atoms with E-state index >= 15 is 0 Å². The lowest BCUT2D eigenvalue weighted by Gasteiger charge is -2.26. The summed E-state index contributed by atoms with van der Waals surface area (Å²) in [7, 11) is 0. The van der Waals surface area contributed by atoms with Crippen LogP contribution in [0.3, 0.4) is 0 Å². The van der Waals surface area contributed by atoms with Crippen LogP contribution in [0.1, 0.15) is 155 Å². The molecule has 0 radical (unpaired) electrons. The molecule has 0 unspecified atom stereocenters. The smallest absolute Gasteiger partial charge is 0.311 e. The van der Waals surface area contributed by atoms with Gasteiger partial charge in [0.2, 0.25) is 0 Å². The van der Waals surface area contributed by atoms with E-state index < -0.39 is 0 Å². The lowest BCUT2D eigenvalue weighted by atomic mass is 9.78. The fourth-order valence-corrected chi connectivity index (χ4v) is 7.62. The van der Waals surface area contributed by atoms with Gasteiger partial charge in [0, 0.05) is 35.0 Å². The van der Waals surface area contributed by atoms with Crippen molar-refractivity contribution in [2.75, 3.05) is 0 Å². The van der Waals surface area contributed by atoms with Crippen LogP contribution in [-0.2, 0) is 31.2 Å². The predicted octanol–water partition coefficient (Wildman–Crippen LogP) is 13.8. The normalized spacial score (nSPS) is 13.1. The van der Waals surface area contributed by atoms with Crippen LogP contribution >= 0.6 is 0 Å². The summed E-state index contributed by atoms with van der Waals surface area (Å²) in [5.41, 5.74) is 13.0. The summed E-state index contributed by atoms with van der Waals surface area (Å²) in [5.74, 6) is -0.0682. The van der Waals surface area contributed by atoms with E-state index in [0.29, 0.717) is 45.3 Å². The third kappa shape index (κ3) is 8.97. The van der Waals surface area contributed by atoms with Crippen molar-refractivity contribution in [2.45, 2.75) is 131 Å². The molecule has 0 aliphatic carbocycles. The molecule has 8 heteroatoms. The molecule has 0 saturated heterocycles. The lowest BCUT2D eigenvalue weighted by molar-refractivity contribution is -0.134. The van der Waals surface area contributed by atoms with E-state index in [2.05, 4.69) is 129 Å². The van der Waals surface area contributed by atoms with Gasteiger partial charge in [-0.2, -0.15) is 0 Å². The van der Waals surface area contributed by atoms with E-state index in [0.717, 1.165) is 33.3 Å². The predicted molar refractivity (Wildman–Crippen MR) is 256 cm³/mol. The molecule has 0 atom stereocenters. The van der Waals surface area contributed by atoms with Crippen molar-refractivity contribution < 1.29 is 19.1 Å². The number of carbonyl (C=O) groups is 2. The molecule has 2 N–H and O–H groups in total. The number of esters is 2. The van der Waals surface area contributed by atoms with Gasteiger partial charge in [-0.05, 0) is 104 Å². The Morgan fingerprint density at radius 1 is 0.452 bits per heavy atom. The zero-order valence-corrected chi connectivity index (χ0v) is 39.0. The average molecular weight is 831 g/mol. The number of H-pyrrole nitrogens is 2. The van der Waals surface area contributed by atoms with Gasteiger partial charge in [0.25, 0.3) is 0 Å². The Bertz CT molecular complexity index is 2580. The Labute approximate surface area is 366 Å². The molecule has 8 bridgehead atoms. The molecular weight excluding hydrogens is 769 g/mol. The SMILES string of the molecule is CCC(=O)Oc1c2nc(c(-c3cc(C(C)(C)C)cc(C(C)(C)C)c3)c3ccc([nH]3)c(OC(=O)CC)c3nc(c(-c4cc(C(C)(C)C)cc(C(C)(C)C)c4)c4ccc1[nH]4)C=C3)C=C2. The fraction of sp³-hybridized carbons (Fsp3) is 0.370. The van der Waals surface area contributed by atoms with Crippen molar-refractivity contribution in [3.8, 4) is 33.8 Å². The van der Waals surface area contributed by atoms with E-state index in [1.807, 2.05) is 48.6 Å². The third-order valence-electron chi connectivity index (χ3n) is 11.6. The fourth-order valence-electron chi connectivity index (χ4n) is 7.62. The summed E-state index contributed by atoms with van der Waals surface area (Å²) >= 11 is 0. The number of aromatic amines is 2. The van der Waals surface area contributed by atoms with Gasteiger partial charge in [-0.1, -0.05) is 133 Å². The van der Waals surface area contributed by atoms with Gasteiger partial charge < -0.3 is 19.4 Å². The number of nitrogens with one attached hydrogen (secondary N) is 2. The van der Waals surface area contributed by atoms with E-state index in [4.69, 9.17) is 19.4 Å². The topological polar surface area (TPSA) is 110 Å². The van der Waals surface area contributed by atoms with Crippen LogP contribution in [0.25, 0.3) is 68.6 Å². The molecule has 2 aromatic carbocycles. The number of benzene rings is 2. The van der Waals surface area contributed by atoms with Crippen molar-refractivity contribution >= 4 is 58.3 Å². The first-order valence-electron chi connectivity index (χ1n) is 21.8. The molecule has 3 aromatic heterocycles. The van der Waals surface area contributed by atoms with Crippen molar-refractivity contribution in [3.05, 3.63) is 106 Å². The molecule has 62 heavy (non-hydrogen) atoms. The van der Waals surface area contributed by atoms with Gasteiger partial charge >= 0.3 is 11.9 Å². The number of ether oxygens (including phenoxy) is 2. The Hall–Kier alpha value is -6.02. The minimum atomic E-state index is -0.370. The third-order valence-corrected chi connectivity index (χ3v) is 11.6. The van der Waals surface area contributed by atoms with Crippen LogP contribution in [0.2, 0.25) is 0 Å². The molecule has 5 aromatic rings. The maximum absolute atomic E-state index is 13.2. The standard InChI is InChI=1S/C54H62N4O4/c1-15-45(59)61-49-41-21-17-37(55-41)47(31-25-33(51(3,4)5)29-34(26-31)52(6,7)8)39-19-23-43(57-39)50(62-46(60)16-2)44-24-20-40(58-44)48(38-18-22-42(49)56-38)32-27-35(53(9,10)11)30-36(28-32)54(12,13)14/h17-30,55,58H,15-16H2,1-14H3. The second-order valence-electron chi connectivity index (χ2n) is 20.7. The molecule has 5 heterocycles. The number of hydrogen-bond acceptors (Lipinski definition) is 6. The molecule has 0 spiro atoms. The lowest BCUT2D eigenvalue weighted by Crippen LogP contribution is -2.16. The molecule has 322 valence electrons. The largest absolute Gasteiger partial charge is 0.422 e. The summed E-state index contributed by atoms with van der Waals surface area (Å²) in [6.07, 6.45) is 8.15. The summed E-state index contributed by atoms with van der Waals surface area (Å²) in [6, 6.07) is 21.4. The second-order valence-corrected chi connectivity index (χ2v) is 20.7. The summed E-state index contributed by atoms with van der Waals surface area (Å²) in [4.78, 5) is 44.2. The van der Waals surface area contributed by atoms with Gasteiger partial charge in [0.05, 0.1) is 22.4 Å². The Morgan fingerprint density at radius 2 is 0.742 bits per heavy atom. The molecule has 7 rings (SSSR count). The Balaban J connectivity index is 1.69. The van der Waals surface area contributed by atoms with Gasteiger partial charge in [0.15, 0.2) is 11.5 Å². The zero-order valence-electron chi connectivity index (χ0n) is 39.0. The quantitative estimate of drug-likeness (QED) is 0.162. The van der Waals surface area contributed by atoms with Crippen LogP contribution in [0.5, 0.6) is 11.5 Å². The van der Waals surface area contributed by atoms with E-state index in [9.17, 15) is 9.59 Å². The first kappa shape index (κ1) is 44.0. The van der Waals surface area contributed by atoms with Gasteiger partial charge in [-0.3, -0.25) is 9.59 Å². The van der Waals surface area contributed by atoms with E-state index in [-0.39, 0.29) is 46.4 Å². The average Bonchev–Trinajstić information content (AvgIpc) is 4.04. The number of rotatable bonds is 6. The van der Waals surface area contributed by atoms with Crippen molar-refractivity contribution in [1.82, 2.24) is 19.9 Å². The number of nitrogens with zero attached hydrogens (tertiary/aromatic N) is 2. The molecular formula is C54H62N4O4. The minimum absolute atomic E-state index is 0.143. The summed E-state index contributed by atoms with van der Waals surface area (Å²) < 4.78 is 12.4. The monoisotopic (exact) mass is 830 g/mol. The first-order valence-corrected chi connectivity index (χ1v) is 21.8. The van der Waals surface area contributed by atoms with E-state index in [1.165, 1.54) is 22.3 Å². The van der Waals surface area contributed by atoms with Crippen LogP contribution in [0.15, 0.2) is 60.7 Å². The van der Waals surface area contributed by atoms with Crippen LogP contribution < -0.4 is 9.47 Å². The summed E-state index contributed by atoms with van der Waals surface area (Å²) in [5, 5.41) is 0. The zero-order chi connectivity index (χ0) is 45.1. The number of carbonyl (C=O) groups excluding carboxylic acids is 2. The molecule has 8 nitrogen and oxygen atoms in total. The van der Waals surface area contributed by atoms with Crippen molar-refractivity contribution in [3.63, 3.8) is 0 Å². The minimum Gasteiger partial charge on any atom is -0.422 e. The van der Waals surface area contributed by atoms with Crippen LogP contribution in [0.4, 0.5) is 0 Å². The Morgan fingerprint density at radius 3 is 1.03 bits per heavy atom. The highest BCUT2D eigenvalue weighted by Gasteiger charge is 2.26. The molecule has 0 saturated carbocycles. The number of fused-ring (bicyclic) bond motifs is 8. The highest BCUT2D eigenvalue weighted by Crippen LogP contribution is 2.42. The van der Waals surface area contributed by atoms with E-state index in [1.54, 1.807) is 13.8 Å². The first-order chi connectivity index (χ1) is 28.9. The summed E-state index contributed by atoms with van der Waals surface area (Å²) in [6.45, 7) is 30.2. The van der Waals surface area contributed by atoms with Crippen molar-refractivity contribution in [2.24, 2.45) is 0 Å². The molecule has 0 fully saturated rings. The second kappa shape index (κ2) is 16.0. The highest BCUT2D eigenvalue weighted by atomic mass is 16.5. The Kier molecular flexibility index (Phi) is 11.4. The number of hydrogen-bond donors (Lipinski definition) is 2. The molecule has 2 aliphatic heterocycles. The number of aromatic nitrogens is 4. The van der Waals surface area contributed by atoms with Gasteiger partial charge in [-0.15, -0.1) is 0 Å². The van der Waals surface area contributed by atoms with Gasteiger partial charge in [-0.25, -0.2) is 9.97 Å². The van der Waals surface area contributed by atoms with Crippen molar-refractivity contribution in [1.29, 1.82) is 0 Å². The maximum Gasteiger partial charge on any atom is 0.311 e. The van der Waals surface area contributed by atoms with Crippen LogP contribution in [0, 0.1) is 0 Å². The van der Waals surface area contributed by atoms with Crippen LogP contribution in [-0.4, -0.2) is 31.9 Å².